The van der Waals surface area contributed by atoms with Crippen LogP contribution in [0.1, 0.15) is 41.8 Å². The molecule has 136 valence electrons. The smallest absolute Gasteiger partial charge is 0.189 e. The van der Waals surface area contributed by atoms with Gasteiger partial charge in [0.15, 0.2) is 5.96 Å². The van der Waals surface area contributed by atoms with E-state index >= 15 is 0 Å². The Bertz CT molecular complexity index is 722. The zero-order valence-corrected chi connectivity index (χ0v) is 17.4. The van der Waals surface area contributed by atoms with Crippen LogP contribution in [0.5, 0.6) is 5.75 Å². The maximum Gasteiger partial charge on any atom is 0.189 e. The predicted octanol–water partition coefficient (Wildman–Crippen LogP) is 3.40. The molecule has 8 heteroatoms. The van der Waals surface area contributed by atoms with Gasteiger partial charge in [0.05, 0.1) is 24.9 Å². The van der Waals surface area contributed by atoms with E-state index in [4.69, 9.17) is 15.2 Å². The summed E-state index contributed by atoms with van der Waals surface area (Å²) >= 11 is 1.58. The molecule has 0 aliphatic carbocycles. The van der Waals surface area contributed by atoms with Crippen molar-refractivity contribution in [1.29, 1.82) is 0 Å². The molecule has 25 heavy (non-hydrogen) atoms. The van der Waals surface area contributed by atoms with Gasteiger partial charge in [0, 0.05) is 24.5 Å². The first kappa shape index (κ1) is 19.9. The van der Waals surface area contributed by atoms with E-state index in [2.05, 4.69) is 21.4 Å². The van der Waals surface area contributed by atoms with Crippen molar-refractivity contribution in [3.8, 4) is 5.75 Å². The standard InChI is InChI=1S/C17H22N4O2S.HI/c1-11(22-2)16-20-12(10-24-16)9-19-17(18)21-14-7-8-23-15-6-4-3-5-13(14)15;/h3-6,10-11,14H,7-9H2,1-2H3,(H3,18,19,21);1H. The van der Waals surface area contributed by atoms with Crippen LogP contribution in [-0.2, 0) is 11.3 Å². The van der Waals surface area contributed by atoms with Crippen LogP contribution >= 0.6 is 35.3 Å². The van der Waals surface area contributed by atoms with E-state index in [0.29, 0.717) is 19.1 Å². The maximum atomic E-state index is 6.05. The van der Waals surface area contributed by atoms with Crippen molar-refractivity contribution < 1.29 is 9.47 Å². The van der Waals surface area contributed by atoms with Gasteiger partial charge in [0.1, 0.15) is 16.9 Å². The second-order valence-corrected chi connectivity index (χ2v) is 6.52. The molecule has 2 aromatic rings. The Morgan fingerprint density at radius 1 is 1.52 bits per heavy atom. The van der Waals surface area contributed by atoms with Crippen molar-refractivity contribution in [3.05, 3.63) is 45.9 Å². The van der Waals surface area contributed by atoms with Gasteiger partial charge >= 0.3 is 0 Å². The zero-order chi connectivity index (χ0) is 16.9. The number of halogens is 1. The SMILES string of the molecule is COC(C)c1nc(CN=C(N)NC2CCOc3ccccc32)cs1.I. The number of methoxy groups -OCH3 is 1. The number of nitrogens with one attached hydrogen (secondary N) is 1. The van der Waals surface area contributed by atoms with Crippen molar-refractivity contribution >= 4 is 41.3 Å². The molecule has 0 bridgehead atoms. The predicted molar refractivity (Wildman–Crippen MR) is 111 cm³/mol. The Balaban J connectivity index is 0.00000225. The number of nitrogens with two attached hydrogens (primary N) is 1. The van der Waals surface area contributed by atoms with Crippen LogP contribution in [0.4, 0.5) is 0 Å². The van der Waals surface area contributed by atoms with Crippen molar-refractivity contribution in [1.82, 2.24) is 10.3 Å². The fourth-order valence-electron chi connectivity index (χ4n) is 2.57. The summed E-state index contributed by atoms with van der Waals surface area (Å²) in [4.78, 5) is 8.92. The summed E-state index contributed by atoms with van der Waals surface area (Å²) in [5, 5.41) is 6.23. The summed E-state index contributed by atoms with van der Waals surface area (Å²) < 4.78 is 10.9. The summed E-state index contributed by atoms with van der Waals surface area (Å²) in [6.45, 7) is 3.10. The lowest BCUT2D eigenvalue weighted by Crippen LogP contribution is -2.37. The lowest BCUT2D eigenvalue weighted by molar-refractivity contribution is 0.119. The second-order valence-electron chi connectivity index (χ2n) is 5.63. The van der Waals surface area contributed by atoms with E-state index in [1.54, 1.807) is 18.4 Å². The van der Waals surface area contributed by atoms with Gasteiger partial charge in [-0.3, -0.25) is 0 Å². The first-order chi connectivity index (χ1) is 11.7. The molecule has 1 aliphatic heterocycles. The quantitative estimate of drug-likeness (QED) is 0.395. The molecule has 2 heterocycles. The highest BCUT2D eigenvalue weighted by Gasteiger charge is 2.21. The number of benzene rings is 1. The van der Waals surface area contributed by atoms with Gasteiger partial charge in [-0.25, -0.2) is 9.98 Å². The number of aromatic nitrogens is 1. The number of thiazole rings is 1. The third-order valence-electron chi connectivity index (χ3n) is 3.96. The Hall–Kier alpha value is -1.39. The summed E-state index contributed by atoms with van der Waals surface area (Å²) in [5.74, 6) is 1.33. The maximum absolute atomic E-state index is 6.05. The van der Waals surface area contributed by atoms with Gasteiger partial charge in [-0.1, -0.05) is 18.2 Å². The Labute approximate surface area is 168 Å². The topological polar surface area (TPSA) is 81.8 Å². The van der Waals surface area contributed by atoms with E-state index in [1.165, 1.54) is 0 Å². The molecule has 0 saturated heterocycles. The van der Waals surface area contributed by atoms with Crippen LogP contribution in [0.2, 0.25) is 0 Å². The molecular formula is C17H23IN4O2S. The number of nitrogens with zero attached hydrogens (tertiary/aromatic N) is 2. The normalized spacial score (nSPS) is 17.8. The number of hydrogen-bond acceptors (Lipinski definition) is 5. The Morgan fingerprint density at radius 2 is 2.32 bits per heavy atom. The van der Waals surface area contributed by atoms with Gasteiger partial charge in [0.2, 0.25) is 0 Å². The Kier molecular flexibility index (Phi) is 7.45. The van der Waals surface area contributed by atoms with Gasteiger partial charge in [-0.15, -0.1) is 35.3 Å². The first-order valence-corrected chi connectivity index (χ1v) is 8.80. The molecule has 6 nitrogen and oxygen atoms in total. The number of hydrogen-bond donors (Lipinski definition) is 2. The van der Waals surface area contributed by atoms with Crippen molar-refractivity contribution in [3.63, 3.8) is 0 Å². The number of ether oxygens (including phenoxy) is 2. The fraction of sp³-hybridized carbons (Fsp3) is 0.412. The number of para-hydroxylation sites is 1. The van der Waals surface area contributed by atoms with E-state index in [9.17, 15) is 0 Å². The van der Waals surface area contributed by atoms with E-state index < -0.39 is 0 Å². The summed E-state index contributed by atoms with van der Waals surface area (Å²) in [5.41, 5.74) is 8.07. The highest BCUT2D eigenvalue weighted by Crippen LogP contribution is 2.31. The van der Waals surface area contributed by atoms with Crippen LogP contribution < -0.4 is 15.8 Å². The van der Waals surface area contributed by atoms with E-state index in [1.807, 2.05) is 30.5 Å². The van der Waals surface area contributed by atoms with Gasteiger partial charge < -0.3 is 20.5 Å². The van der Waals surface area contributed by atoms with Crippen LogP contribution in [0.15, 0.2) is 34.6 Å². The average Bonchev–Trinajstić information content (AvgIpc) is 3.09. The average molecular weight is 474 g/mol. The van der Waals surface area contributed by atoms with Crippen molar-refractivity contribution in [2.24, 2.45) is 10.7 Å². The minimum Gasteiger partial charge on any atom is -0.493 e. The third-order valence-corrected chi connectivity index (χ3v) is 5.02. The van der Waals surface area contributed by atoms with Gasteiger partial charge in [0.25, 0.3) is 0 Å². The summed E-state index contributed by atoms with van der Waals surface area (Å²) in [6, 6.07) is 8.13. The molecule has 3 N–H and O–H groups in total. The highest BCUT2D eigenvalue weighted by molar-refractivity contribution is 14.0. The molecule has 2 atom stereocenters. The summed E-state index contributed by atoms with van der Waals surface area (Å²) in [7, 11) is 1.68. The molecule has 0 amide bonds. The molecule has 0 spiro atoms. The first-order valence-electron chi connectivity index (χ1n) is 7.92. The minimum atomic E-state index is 0. The molecule has 1 aromatic carbocycles. The van der Waals surface area contributed by atoms with Gasteiger partial charge in [-0.05, 0) is 13.0 Å². The molecule has 1 aliphatic rings. The molecular weight excluding hydrogens is 451 g/mol. The lowest BCUT2D eigenvalue weighted by Gasteiger charge is -2.26. The largest absolute Gasteiger partial charge is 0.493 e. The highest BCUT2D eigenvalue weighted by atomic mass is 127. The molecule has 2 unspecified atom stereocenters. The monoisotopic (exact) mass is 474 g/mol. The number of aliphatic imine (C=N–C) groups is 1. The molecule has 0 radical (unpaired) electrons. The lowest BCUT2D eigenvalue weighted by atomic mass is 10.0. The molecule has 3 rings (SSSR count). The number of guanidine groups is 1. The molecule has 0 saturated carbocycles. The fourth-order valence-corrected chi connectivity index (χ4v) is 3.41. The number of fused-ring (bicyclic) bond motifs is 1. The summed E-state index contributed by atoms with van der Waals surface area (Å²) in [6.07, 6.45) is 0.862. The van der Waals surface area contributed by atoms with E-state index in [0.717, 1.165) is 28.4 Å². The zero-order valence-electron chi connectivity index (χ0n) is 14.3. The van der Waals surface area contributed by atoms with Crippen molar-refractivity contribution in [2.45, 2.75) is 32.0 Å². The molecule has 0 fully saturated rings. The number of rotatable bonds is 5. The van der Waals surface area contributed by atoms with Crippen LogP contribution in [0.25, 0.3) is 0 Å². The van der Waals surface area contributed by atoms with E-state index in [-0.39, 0.29) is 36.1 Å². The Morgan fingerprint density at radius 3 is 3.12 bits per heavy atom. The van der Waals surface area contributed by atoms with Crippen LogP contribution in [-0.4, -0.2) is 24.7 Å². The molecule has 1 aromatic heterocycles. The van der Waals surface area contributed by atoms with Gasteiger partial charge in [-0.2, -0.15) is 0 Å². The second kappa shape index (κ2) is 9.35. The third kappa shape index (κ3) is 5.05. The van der Waals surface area contributed by atoms with Crippen LogP contribution in [0, 0.1) is 0 Å². The van der Waals surface area contributed by atoms with Crippen molar-refractivity contribution in [2.75, 3.05) is 13.7 Å². The minimum absolute atomic E-state index is 0. The van der Waals surface area contributed by atoms with Crippen LogP contribution in [0.3, 0.4) is 0 Å².